The molecule has 3 aromatic carbocycles. The highest BCUT2D eigenvalue weighted by Gasteiger charge is 2.17. The summed E-state index contributed by atoms with van der Waals surface area (Å²) in [6.07, 6.45) is 0. The van der Waals surface area contributed by atoms with E-state index in [0.29, 0.717) is 0 Å². The number of hydrogen-bond acceptors (Lipinski definition) is 0. The van der Waals surface area contributed by atoms with Crippen LogP contribution in [-0.2, 0) is 0 Å². The monoisotopic (exact) mass is 290 g/mol. The molecule has 0 nitrogen and oxygen atoms in total. The van der Waals surface area contributed by atoms with E-state index in [1.807, 2.05) is 0 Å². The Morgan fingerprint density at radius 1 is 0.364 bits per heavy atom. The lowest BCUT2D eigenvalue weighted by atomic mass is 9.83. The molecule has 0 saturated carbocycles. The van der Waals surface area contributed by atoms with E-state index in [2.05, 4.69) is 67.5 Å². The SMILES string of the molecule is Cc1cc(C)c2c(C)c3c(C)cc(C)c(C)c3c(C)c2c1C. The van der Waals surface area contributed by atoms with Crippen LogP contribution in [0, 0.1) is 55.4 Å². The lowest BCUT2D eigenvalue weighted by molar-refractivity contribution is 1.30. The highest BCUT2D eigenvalue weighted by Crippen LogP contribution is 2.40. The third-order valence-corrected chi connectivity index (χ3v) is 5.59. The first kappa shape index (κ1) is 15.1. The summed E-state index contributed by atoms with van der Waals surface area (Å²) in [4.78, 5) is 0. The van der Waals surface area contributed by atoms with Crippen molar-refractivity contribution in [2.45, 2.75) is 55.4 Å². The predicted molar refractivity (Wildman–Crippen MR) is 99.4 cm³/mol. The zero-order valence-electron chi connectivity index (χ0n) is 15.2. The second-order valence-corrected chi connectivity index (χ2v) is 7.02. The number of fused-ring (bicyclic) bond motifs is 2. The predicted octanol–water partition coefficient (Wildman–Crippen LogP) is 6.46. The number of benzene rings is 3. The Balaban J connectivity index is 2.78. The minimum atomic E-state index is 1.40. The van der Waals surface area contributed by atoms with Crippen LogP contribution in [0.3, 0.4) is 0 Å². The molecule has 0 aliphatic rings. The fourth-order valence-corrected chi connectivity index (χ4v) is 4.33. The van der Waals surface area contributed by atoms with E-state index in [1.165, 1.54) is 66.1 Å². The van der Waals surface area contributed by atoms with Crippen molar-refractivity contribution in [3.05, 3.63) is 56.6 Å². The van der Waals surface area contributed by atoms with E-state index in [9.17, 15) is 0 Å². The lowest BCUT2D eigenvalue weighted by Gasteiger charge is -2.21. The number of aryl methyl sites for hydroxylation is 8. The highest BCUT2D eigenvalue weighted by atomic mass is 14.2. The van der Waals surface area contributed by atoms with Gasteiger partial charge in [0.15, 0.2) is 0 Å². The van der Waals surface area contributed by atoms with Crippen molar-refractivity contribution < 1.29 is 0 Å². The largest absolute Gasteiger partial charge is 0.0555 e. The molecule has 0 N–H and O–H groups in total. The van der Waals surface area contributed by atoms with Crippen molar-refractivity contribution in [2.75, 3.05) is 0 Å². The molecule has 22 heavy (non-hydrogen) atoms. The van der Waals surface area contributed by atoms with Crippen LogP contribution in [0.4, 0.5) is 0 Å². The van der Waals surface area contributed by atoms with Crippen molar-refractivity contribution >= 4 is 21.5 Å². The van der Waals surface area contributed by atoms with Crippen LogP contribution in [0.1, 0.15) is 44.5 Å². The van der Waals surface area contributed by atoms with Gasteiger partial charge in [-0.3, -0.25) is 0 Å². The van der Waals surface area contributed by atoms with E-state index < -0.39 is 0 Å². The molecule has 0 heteroatoms. The maximum absolute atomic E-state index is 2.34. The molecule has 114 valence electrons. The molecule has 0 fully saturated rings. The maximum Gasteiger partial charge on any atom is -0.0111 e. The van der Waals surface area contributed by atoms with Crippen LogP contribution >= 0.6 is 0 Å². The molecule has 0 heterocycles. The van der Waals surface area contributed by atoms with E-state index in [1.54, 1.807) is 0 Å². The molecule has 0 aliphatic heterocycles. The number of rotatable bonds is 0. The summed E-state index contributed by atoms with van der Waals surface area (Å²) in [6, 6.07) is 4.68. The summed E-state index contributed by atoms with van der Waals surface area (Å²) < 4.78 is 0. The van der Waals surface area contributed by atoms with Gasteiger partial charge >= 0.3 is 0 Å². The quantitative estimate of drug-likeness (QED) is 0.417. The standard InChI is InChI=1S/C22H26/c1-11-9-13(3)19-17(7)20-14(4)10-12(2)16(6)22(20)18(8)21(19)15(11)5/h9-10H,1-8H3. The highest BCUT2D eigenvalue weighted by molar-refractivity contribution is 6.10. The van der Waals surface area contributed by atoms with Gasteiger partial charge in [-0.1, -0.05) is 12.1 Å². The molecule has 0 saturated heterocycles. The van der Waals surface area contributed by atoms with Gasteiger partial charge in [0, 0.05) is 0 Å². The van der Waals surface area contributed by atoms with Crippen LogP contribution in [0.5, 0.6) is 0 Å². The summed E-state index contributed by atoms with van der Waals surface area (Å²) in [5, 5.41) is 5.85. The van der Waals surface area contributed by atoms with E-state index in [0.717, 1.165) is 0 Å². The smallest absolute Gasteiger partial charge is 0.0111 e. The van der Waals surface area contributed by atoms with E-state index in [4.69, 9.17) is 0 Å². The minimum Gasteiger partial charge on any atom is -0.0555 e. The third-order valence-electron chi connectivity index (χ3n) is 5.59. The van der Waals surface area contributed by atoms with E-state index >= 15 is 0 Å². The van der Waals surface area contributed by atoms with Crippen molar-refractivity contribution in [3.63, 3.8) is 0 Å². The first-order valence-electron chi connectivity index (χ1n) is 8.15. The van der Waals surface area contributed by atoms with Crippen LogP contribution in [0.25, 0.3) is 21.5 Å². The van der Waals surface area contributed by atoms with Crippen molar-refractivity contribution in [1.82, 2.24) is 0 Å². The Morgan fingerprint density at radius 3 is 1.05 bits per heavy atom. The zero-order valence-corrected chi connectivity index (χ0v) is 15.2. The van der Waals surface area contributed by atoms with Gasteiger partial charge in [0.1, 0.15) is 0 Å². The van der Waals surface area contributed by atoms with Gasteiger partial charge in [0.25, 0.3) is 0 Å². The molecule has 0 aromatic heterocycles. The Hall–Kier alpha value is -1.82. The molecule has 0 amide bonds. The first-order valence-corrected chi connectivity index (χ1v) is 8.15. The molecule has 0 atom stereocenters. The minimum absolute atomic E-state index is 1.40. The second kappa shape index (κ2) is 4.84. The normalized spacial score (nSPS) is 11.6. The van der Waals surface area contributed by atoms with Crippen LogP contribution in [-0.4, -0.2) is 0 Å². The van der Waals surface area contributed by atoms with Gasteiger partial charge in [-0.25, -0.2) is 0 Å². The topological polar surface area (TPSA) is 0 Å². The number of hydrogen-bond donors (Lipinski definition) is 0. The van der Waals surface area contributed by atoms with Gasteiger partial charge in [-0.2, -0.15) is 0 Å². The Morgan fingerprint density at radius 2 is 0.682 bits per heavy atom. The summed E-state index contributed by atoms with van der Waals surface area (Å²) in [5.74, 6) is 0. The maximum atomic E-state index is 2.34. The van der Waals surface area contributed by atoms with Crippen molar-refractivity contribution in [1.29, 1.82) is 0 Å². The van der Waals surface area contributed by atoms with Gasteiger partial charge < -0.3 is 0 Å². The molecule has 0 bridgehead atoms. The average molecular weight is 290 g/mol. The van der Waals surface area contributed by atoms with Crippen LogP contribution < -0.4 is 0 Å². The molecular formula is C22H26. The second-order valence-electron chi connectivity index (χ2n) is 7.02. The zero-order chi connectivity index (χ0) is 16.3. The average Bonchev–Trinajstić information content (AvgIpc) is 2.44. The molecule has 0 aliphatic carbocycles. The summed E-state index contributed by atoms with van der Waals surface area (Å²) in [6.45, 7) is 18.1. The third kappa shape index (κ3) is 1.83. The van der Waals surface area contributed by atoms with Gasteiger partial charge in [-0.15, -0.1) is 0 Å². The molecular weight excluding hydrogens is 264 g/mol. The molecule has 3 aromatic rings. The van der Waals surface area contributed by atoms with Crippen LogP contribution in [0.15, 0.2) is 12.1 Å². The van der Waals surface area contributed by atoms with Crippen molar-refractivity contribution in [2.24, 2.45) is 0 Å². The fourth-order valence-electron chi connectivity index (χ4n) is 4.33. The lowest BCUT2D eigenvalue weighted by Crippen LogP contribution is -1.99. The van der Waals surface area contributed by atoms with Gasteiger partial charge in [-0.05, 0) is 121 Å². The van der Waals surface area contributed by atoms with Crippen molar-refractivity contribution in [3.8, 4) is 0 Å². The Labute approximate surface area is 134 Å². The van der Waals surface area contributed by atoms with Crippen LogP contribution in [0.2, 0.25) is 0 Å². The van der Waals surface area contributed by atoms with Gasteiger partial charge in [0.2, 0.25) is 0 Å². The molecule has 0 radical (unpaired) electrons. The summed E-state index contributed by atoms with van der Waals surface area (Å²) >= 11 is 0. The molecule has 0 unspecified atom stereocenters. The Bertz CT molecular complexity index is 865. The fraction of sp³-hybridized carbons (Fsp3) is 0.364. The van der Waals surface area contributed by atoms with E-state index in [-0.39, 0.29) is 0 Å². The summed E-state index contributed by atoms with van der Waals surface area (Å²) in [7, 11) is 0. The summed E-state index contributed by atoms with van der Waals surface area (Å²) in [5.41, 5.74) is 11.4. The first-order chi connectivity index (χ1) is 10.3. The van der Waals surface area contributed by atoms with Gasteiger partial charge in [0.05, 0.1) is 0 Å². The molecule has 3 rings (SSSR count). The Kier molecular flexibility index (Phi) is 3.32. The molecule has 0 spiro atoms.